The van der Waals surface area contributed by atoms with E-state index in [4.69, 9.17) is 23.2 Å². The molecule has 11 heteroatoms. The Labute approximate surface area is 278 Å². The average molecular weight is 674 g/mol. The Hall–Kier alpha value is -4.41. The lowest BCUT2D eigenvalue weighted by Gasteiger charge is -2.13. The highest BCUT2D eigenvalue weighted by Gasteiger charge is 2.17. The molecule has 3 N–H and O–H groups in total. The van der Waals surface area contributed by atoms with Gasteiger partial charge in [-0.3, -0.25) is 14.4 Å². The molecule has 0 saturated carbocycles. The third-order valence-corrected chi connectivity index (χ3v) is 8.79. The Morgan fingerprint density at radius 2 is 1.58 bits per heavy atom. The first kappa shape index (κ1) is 32.0. The third kappa shape index (κ3) is 8.83. The van der Waals surface area contributed by atoms with Gasteiger partial charge in [-0.05, 0) is 55.5 Å². The minimum Gasteiger partial charge on any atom is -0.321 e. The zero-order valence-electron chi connectivity index (χ0n) is 23.8. The van der Waals surface area contributed by atoms with E-state index in [1.54, 1.807) is 66.7 Å². The molecule has 5 rings (SSSR count). The molecule has 1 aromatic heterocycles. The molecule has 0 spiro atoms. The van der Waals surface area contributed by atoms with E-state index in [9.17, 15) is 14.4 Å². The van der Waals surface area contributed by atoms with Crippen molar-refractivity contribution in [3.8, 4) is 11.3 Å². The Morgan fingerprint density at radius 3 is 2.31 bits per heavy atom. The Balaban J connectivity index is 1.24. The van der Waals surface area contributed by atoms with Gasteiger partial charge in [-0.15, -0.1) is 23.1 Å². The number of aromatic nitrogens is 1. The molecule has 1 heterocycles. The molecule has 0 saturated heterocycles. The van der Waals surface area contributed by atoms with E-state index in [0.29, 0.717) is 32.0 Å². The van der Waals surface area contributed by atoms with Crippen molar-refractivity contribution < 1.29 is 14.4 Å². The van der Waals surface area contributed by atoms with Crippen LogP contribution in [0.5, 0.6) is 0 Å². The summed E-state index contributed by atoms with van der Waals surface area (Å²) >= 11 is 15.4. The first-order valence-electron chi connectivity index (χ1n) is 13.6. The summed E-state index contributed by atoms with van der Waals surface area (Å²) in [7, 11) is 0. The van der Waals surface area contributed by atoms with Crippen LogP contribution in [0.2, 0.25) is 10.0 Å². The maximum atomic E-state index is 13.5. The number of nitrogens with zero attached hydrogens (tertiary/aromatic N) is 1. The highest BCUT2D eigenvalue weighted by molar-refractivity contribution is 8.00. The molecule has 0 aliphatic rings. The average Bonchev–Trinajstić information content (AvgIpc) is 3.50. The normalized spacial score (nSPS) is 11.1. The van der Waals surface area contributed by atoms with Crippen LogP contribution in [-0.2, 0) is 9.59 Å². The van der Waals surface area contributed by atoms with E-state index >= 15 is 0 Å². The van der Waals surface area contributed by atoms with Gasteiger partial charge in [0.1, 0.15) is 5.70 Å². The van der Waals surface area contributed by atoms with Crippen molar-refractivity contribution in [1.29, 1.82) is 0 Å². The number of nitrogens with one attached hydrogen (secondary N) is 3. The van der Waals surface area contributed by atoms with E-state index in [1.165, 1.54) is 29.2 Å². The minimum absolute atomic E-state index is 0.0512. The lowest BCUT2D eigenvalue weighted by atomic mass is 10.1. The number of thiazole rings is 1. The summed E-state index contributed by atoms with van der Waals surface area (Å²) < 4.78 is 0. The molecule has 5 aromatic rings. The van der Waals surface area contributed by atoms with Crippen molar-refractivity contribution in [3.05, 3.63) is 135 Å². The van der Waals surface area contributed by atoms with Crippen molar-refractivity contribution in [3.63, 3.8) is 0 Å². The van der Waals surface area contributed by atoms with Crippen molar-refractivity contribution in [1.82, 2.24) is 10.3 Å². The topological polar surface area (TPSA) is 100 Å². The van der Waals surface area contributed by atoms with Crippen LogP contribution in [0.1, 0.15) is 21.5 Å². The van der Waals surface area contributed by atoms with Gasteiger partial charge < -0.3 is 16.0 Å². The van der Waals surface area contributed by atoms with E-state index in [2.05, 4.69) is 20.9 Å². The van der Waals surface area contributed by atoms with Crippen molar-refractivity contribution >= 4 is 80.9 Å². The number of anilines is 2. The number of carbonyl (C=O) groups is 3. The van der Waals surface area contributed by atoms with Gasteiger partial charge in [0.25, 0.3) is 11.8 Å². The standard InChI is InChI=1S/C34H26Cl2N4O3S2/c1-21-13-15-22(16-14-21)30-19-45-34(39-30)40-31(41)20-44-25-10-5-9-24(17-25)37-33(43)29(18-26-27(35)11-6-12-28(26)36)38-32(42)23-7-3-2-4-8-23/h2-19H,20H2,1H3,(H,37,43)(H,38,42)(H,39,40,41)/b29-18+. The fourth-order valence-electron chi connectivity index (χ4n) is 4.09. The van der Waals surface area contributed by atoms with Crippen LogP contribution in [0.15, 0.2) is 113 Å². The van der Waals surface area contributed by atoms with Gasteiger partial charge in [0.15, 0.2) is 5.13 Å². The number of halogens is 2. The monoisotopic (exact) mass is 672 g/mol. The van der Waals surface area contributed by atoms with E-state index in [-0.39, 0.29) is 17.4 Å². The predicted molar refractivity (Wildman–Crippen MR) is 185 cm³/mol. The molecule has 4 aromatic carbocycles. The summed E-state index contributed by atoms with van der Waals surface area (Å²) in [5, 5.41) is 11.4. The minimum atomic E-state index is -0.580. The molecule has 0 aliphatic carbocycles. The predicted octanol–water partition coefficient (Wildman–Crippen LogP) is 8.57. The lowest BCUT2D eigenvalue weighted by molar-refractivity contribution is -0.114. The SMILES string of the molecule is Cc1ccc(-c2csc(NC(=O)CSc3cccc(NC(=O)/C(=C\c4c(Cl)cccc4Cl)NC(=O)c4ccccc4)c3)n2)cc1. The van der Waals surface area contributed by atoms with Crippen LogP contribution < -0.4 is 16.0 Å². The van der Waals surface area contributed by atoms with Crippen LogP contribution in [0.4, 0.5) is 10.8 Å². The second-order valence-corrected chi connectivity index (χ2v) is 12.5. The number of carbonyl (C=O) groups excluding carboxylic acids is 3. The van der Waals surface area contributed by atoms with Crippen LogP contribution in [0.25, 0.3) is 17.3 Å². The molecular weight excluding hydrogens is 647 g/mol. The highest BCUT2D eigenvalue weighted by Crippen LogP contribution is 2.28. The Morgan fingerprint density at radius 1 is 0.867 bits per heavy atom. The number of rotatable bonds is 10. The summed E-state index contributed by atoms with van der Waals surface area (Å²) in [6.07, 6.45) is 1.44. The second-order valence-electron chi connectivity index (χ2n) is 9.74. The largest absolute Gasteiger partial charge is 0.321 e. The number of amides is 3. The maximum Gasteiger partial charge on any atom is 0.272 e. The quantitative estimate of drug-likeness (QED) is 0.102. The van der Waals surface area contributed by atoms with Gasteiger partial charge >= 0.3 is 0 Å². The van der Waals surface area contributed by atoms with Crippen molar-refractivity contribution in [2.75, 3.05) is 16.4 Å². The van der Waals surface area contributed by atoms with Gasteiger partial charge in [-0.1, -0.05) is 83.4 Å². The zero-order valence-corrected chi connectivity index (χ0v) is 27.0. The first-order valence-corrected chi connectivity index (χ1v) is 16.3. The zero-order chi connectivity index (χ0) is 31.8. The molecule has 0 aliphatic heterocycles. The fourth-order valence-corrected chi connectivity index (χ4v) is 6.09. The summed E-state index contributed by atoms with van der Waals surface area (Å²) in [6, 6.07) is 28.6. The number of thioether (sulfide) groups is 1. The number of hydrogen-bond acceptors (Lipinski definition) is 6. The second kappa shape index (κ2) is 15.0. The first-order chi connectivity index (χ1) is 21.7. The van der Waals surface area contributed by atoms with E-state index in [0.717, 1.165) is 21.7 Å². The number of benzene rings is 4. The van der Waals surface area contributed by atoms with Crippen LogP contribution in [0.3, 0.4) is 0 Å². The molecule has 0 radical (unpaired) electrons. The molecule has 0 atom stereocenters. The smallest absolute Gasteiger partial charge is 0.272 e. The lowest BCUT2D eigenvalue weighted by Crippen LogP contribution is -2.30. The summed E-state index contributed by atoms with van der Waals surface area (Å²) in [6.45, 7) is 2.03. The van der Waals surface area contributed by atoms with Gasteiger partial charge in [-0.25, -0.2) is 4.98 Å². The van der Waals surface area contributed by atoms with Crippen LogP contribution in [-0.4, -0.2) is 28.5 Å². The Kier molecular flexibility index (Phi) is 10.7. The van der Waals surface area contributed by atoms with Crippen LogP contribution >= 0.6 is 46.3 Å². The molecule has 0 unspecified atom stereocenters. The van der Waals surface area contributed by atoms with E-state index in [1.807, 2.05) is 42.6 Å². The van der Waals surface area contributed by atoms with Gasteiger partial charge in [0, 0.05) is 42.7 Å². The van der Waals surface area contributed by atoms with Crippen molar-refractivity contribution in [2.45, 2.75) is 11.8 Å². The Bertz CT molecular complexity index is 1860. The van der Waals surface area contributed by atoms with Crippen molar-refractivity contribution in [2.24, 2.45) is 0 Å². The molecule has 0 fully saturated rings. The third-order valence-electron chi connectivity index (χ3n) is 6.38. The molecule has 3 amide bonds. The highest BCUT2D eigenvalue weighted by atomic mass is 35.5. The summed E-state index contributed by atoms with van der Waals surface area (Å²) in [5.74, 6) is -1.12. The van der Waals surface area contributed by atoms with Gasteiger partial charge in [0.05, 0.1) is 11.4 Å². The van der Waals surface area contributed by atoms with Gasteiger partial charge in [-0.2, -0.15) is 0 Å². The summed E-state index contributed by atoms with van der Waals surface area (Å²) in [4.78, 5) is 44.4. The molecule has 0 bridgehead atoms. The van der Waals surface area contributed by atoms with Gasteiger partial charge in [0.2, 0.25) is 5.91 Å². The molecule has 7 nitrogen and oxygen atoms in total. The van der Waals surface area contributed by atoms with E-state index < -0.39 is 11.8 Å². The summed E-state index contributed by atoms with van der Waals surface area (Å²) in [5.41, 5.74) is 4.14. The van der Waals surface area contributed by atoms with Crippen LogP contribution in [0, 0.1) is 6.92 Å². The molecule has 45 heavy (non-hydrogen) atoms. The maximum absolute atomic E-state index is 13.5. The molecular formula is C34H26Cl2N4O3S2. The fraction of sp³-hybridized carbons (Fsp3) is 0.0588. The number of aryl methyl sites for hydroxylation is 1. The number of hydrogen-bond donors (Lipinski definition) is 3. The molecule has 226 valence electrons.